The van der Waals surface area contributed by atoms with Crippen molar-refractivity contribution < 1.29 is 4.79 Å². The van der Waals surface area contributed by atoms with E-state index in [1.807, 2.05) is 42.2 Å². The molecule has 2 aromatic rings. The first-order valence-corrected chi connectivity index (χ1v) is 11.8. The predicted molar refractivity (Wildman–Crippen MR) is 120 cm³/mol. The average Bonchev–Trinajstić information content (AvgIpc) is 3.51. The molecule has 5 rings (SSSR count). The van der Waals surface area contributed by atoms with E-state index in [9.17, 15) is 9.59 Å². The lowest BCUT2D eigenvalue weighted by Crippen LogP contribution is -2.41. The van der Waals surface area contributed by atoms with E-state index in [2.05, 4.69) is 9.88 Å². The summed E-state index contributed by atoms with van der Waals surface area (Å²) < 4.78 is 0. The average molecular weight is 421 g/mol. The predicted octanol–water partition coefficient (Wildman–Crippen LogP) is 3.19. The van der Waals surface area contributed by atoms with Gasteiger partial charge in [0.15, 0.2) is 0 Å². The molecule has 6 nitrogen and oxygen atoms in total. The van der Waals surface area contributed by atoms with Crippen LogP contribution in [0.1, 0.15) is 73.5 Å². The van der Waals surface area contributed by atoms with Crippen LogP contribution in [0.4, 0.5) is 0 Å². The van der Waals surface area contributed by atoms with Crippen LogP contribution >= 0.6 is 0 Å². The highest BCUT2D eigenvalue weighted by atomic mass is 16.2. The molecule has 1 saturated heterocycles. The van der Waals surface area contributed by atoms with E-state index in [-0.39, 0.29) is 23.3 Å². The van der Waals surface area contributed by atoms with Gasteiger partial charge in [0.05, 0.1) is 17.2 Å². The molecule has 1 aromatic carbocycles. The molecule has 2 fully saturated rings. The first kappa shape index (κ1) is 20.4. The highest BCUT2D eigenvalue weighted by Crippen LogP contribution is 2.30. The Labute approximate surface area is 183 Å². The summed E-state index contributed by atoms with van der Waals surface area (Å²) in [7, 11) is 0. The normalized spacial score (nSPS) is 23.1. The zero-order valence-corrected chi connectivity index (χ0v) is 18.3. The Kier molecular flexibility index (Phi) is 5.65. The van der Waals surface area contributed by atoms with Crippen molar-refractivity contribution in [3.63, 3.8) is 0 Å². The van der Waals surface area contributed by atoms with Gasteiger partial charge < -0.3 is 9.88 Å². The van der Waals surface area contributed by atoms with E-state index in [0.717, 1.165) is 55.1 Å². The number of H-pyrrole nitrogens is 1. The maximum absolute atomic E-state index is 13.0. The summed E-state index contributed by atoms with van der Waals surface area (Å²) in [6.45, 7) is 5.05. The van der Waals surface area contributed by atoms with Gasteiger partial charge in [0, 0.05) is 44.6 Å². The molecular formula is C25H32N4O2. The van der Waals surface area contributed by atoms with Crippen molar-refractivity contribution in [1.82, 2.24) is 19.8 Å². The number of fused-ring (bicyclic) bond motifs is 1. The van der Waals surface area contributed by atoms with E-state index in [1.54, 1.807) is 0 Å². The molecule has 1 N–H and O–H groups in total. The summed E-state index contributed by atoms with van der Waals surface area (Å²) in [6, 6.07) is 10.6. The number of aromatic nitrogens is 2. The molecule has 2 aliphatic heterocycles. The Morgan fingerprint density at radius 2 is 1.90 bits per heavy atom. The molecule has 164 valence electrons. The third kappa shape index (κ3) is 4.05. The molecule has 1 saturated carbocycles. The quantitative estimate of drug-likeness (QED) is 0.825. The summed E-state index contributed by atoms with van der Waals surface area (Å²) >= 11 is 0. The minimum atomic E-state index is -0.155. The van der Waals surface area contributed by atoms with Crippen LogP contribution in [0.25, 0.3) is 0 Å². The van der Waals surface area contributed by atoms with Crippen molar-refractivity contribution in [3.05, 3.63) is 63.3 Å². The Hall–Kier alpha value is -2.47. The van der Waals surface area contributed by atoms with E-state index in [1.165, 1.54) is 25.7 Å². The van der Waals surface area contributed by atoms with Crippen LogP contribution in [-0.2, 0) is 17.8 Å². The van der Waals surface area contributed by atoms with E-state index in [4.69, 9.17) is 4.98 Å². The third-order valence-corrected chi connectivity index (χ3v) is 7.51. The molecule has 31 heavy (non-hydrogen) atoms. The highest BCUT2D eigenvalue weighted by Gasteiger charge is 2.33. The van der Waals surface area contributed by atoms with Gasteiger partial charge in [-0.1, -0.05) is 43.2 Å². The van der Waals surface area contributed by atoms with E-state index in [0.29, 0.717) is 12.6 Å². The number of nitrogens with zero attached hydrogens (tertiary/aromatic N) is 3. The molecule has 0 spiro atoms. The maximum atomic E-state index is 13.0. The SMILES string of the molecule is C[C@@H](C(=O)N1CC[C@H](c2nc3c(c(=O)[nH]2)CN(C2CCCC2)CC3)C1)c1ccccc1. The molecule has 0 bridgehead atoms. The number of likely N-dealkylation sites (tertiary alicyclic amines) is 1. The molecule has 0 unspecified atom stereocenters. The molecule has 3 heterocycles. The fraction of sp³-hybridized carbons (Fsp3) is 0.560. The fourth-order valence-corrected chi connectivity index (χ4v) is 5.58. The molecule has 2 atom stereocenters. The van der Waals surface area contributed by atoms with Crippen molar-refractivity contribution in [2.45, 2.75) is 69.9 Å². The van der Waals surface area contributed by atoms with Crippen molar-refractivity contribution in [1.29, 1.82) is 0 Å². The molecule has 1 aliphatic carbocycles. The third-order valence-electron chi connectivity index (χ3n) is 7.51. The number of carbonyl (C=O) groups excluding carboxylic acids is 1. The second kappa shape index (κ2) is 8.58. The Morgan fingerprint density at radius 1 is 1.13 bits per heavy atom. The first-order valence-electron chi connectivity index (χ1n) is 11.8. The molecule has 1 aromatic heterocycles. The van der Waals surface area contributed by atoms with Crippen molar-refractivity contribution >= 4 is 5.91 Å². The number of hydrogen-bond acceptors (Lipinski definition) is 4. The van der Waals surface area contributed by atoms with Gasteiger partial charge >= 0.3 is 0 Å². The van der Waals surface area contributed by atoms with Crippen molar-refractivity contribution in [3.8, 4) is 0 Å². The second-order valence-electron chi connectivity index (χ2n) is 9.44. The largest absolute Gasteiger partial charge is 0.341 e. The molecule has 6 heteroatoms. The number of amides is 1. The summed E-state index contributed by atoms with van der Waals surface area (Å²) in [5, 5.41) is 0. The lowest BCUT2D eigenvalue weighted by atomic mass is 10.00. The standard InChI is InChI=1S/C25H32N4O2/c1-17(18-7-3-2-4-8-18)25(31)29-13-11-19(15-29)23-26-22-12-14-28(20-9-5-6-10-20)16-21(22)24(30)27-23/h2-4,7-8,17,19-20H,5-6,9-16H2,1H3,(H,26,27,30)/t17-,19+/m1/s1. The van der Waals surface area contributed by atoms with Crippen LogP contribution < -0.4 is 5.56 Å². The lowest BCUT2D eigenvalue weighted by molar-refractivity contribution is -0.131. The van der Waals surface area contributed by atoms with Crippen molar-refractivity contribution in [2.75, 3.05) is 19.6 Å². The Bertz CT molecular complexity index is 996. The lowest BCUT2D eigenvalue weighted by Gasteiger charge is -2.32. The molecular weight excluding hydrogens is 388 g/mol. The topological polar surface area (TPSA) is 69.3 Å². The zero-order chi connectivity index (χ0) is 21.4. The number of hydrogen-bond donors (Lipinski definition) is 1. The first-order chi connectivity index (χ1) is 15.1. The number of benzene rings is 1. The van der Waals surface area contributed by atoms with Gasteiger partial charge in [-0.25, -0.2) is 4.98 Å². The zero-order valence-electron chi connectivity index (χ0n) is 18.3. The summed E-state index contributed by atoms with van der Waals surface area (Å²) in [6.07, 6.45) is 6.83. The van der Waals surface area contributed by atoms with Crippen LogP contribution in [0.2, 0.25) is 0 Å². The maximum Gasteiger partial charge on any atom is 0.255 e. The van der Waals surface area contributed by atoms with E-state index >= 15 is 0 Å². The van der Waals surface area contributed by atoms with Crippen LogP contribution in [0, 0.1) is 0 Å². The Balaban J connectivity index is 1.28. The van der Waals surface area contributed by atoms with Gasteiger partial charge in [-0.15, -0.1) is 0 Å². The smallest absolute Gasteiger partial charge is 0.255 e. The minimum Gasteiger partial charge on any atom is -0.341 e. The van der Waals surface area contributed by atoms with Gasteiger partial charge in [-0.3, -0.25) is 14.5 Å². The van der Waals surface area contributed by atoms with Crippen molar-refractivity contribution in [2.24, 2.45) is 0 Å². The number of rotatable bonds is 4. The van der Waals surface area contributed by atoms with Crippen LogP contribution in [-0.4, -0.2) is 51.4 Å². The molecule has 1 amide bonds. The number of nitrogens with one attached hydrogen (secondary N) is 1. The van der Waals surface area contributed by atoms with Gasteiger partial charge in [0.25, 0.3) is 5.56 Å². The fourth-order valence-electron chi connectivity index (χ4n) is 5.58. The van der Waals surface area contributed by atoms with Crippen LogP contribution in [0.5, 0.6) is 0 Å². The second-order valence-corrected chi connectivity index (χ2v) is 9.44. The highest BCUT2D eigenvalue weighted by molar-refractivity contribution is 5.83. The van der Waals surface area contributed by atoms with Crippen LogP contribution in [0.15, 0.2) is 35.1 Å². The minimum absolute atomic E-state index is 0.0186. The Morgan fingerprint density at radius 3 is 2.68 bits per heavy atom. The summed E-state index contributed by atoms with van der Waals surface area (Å²) in [5.41, 5.74) is 2.88. The molecule has 0 radical (unpaired) electrons. The van der Waals surface area contributed by atoms with Gasteiger partial charge in [-0.2, -0.15) is 0 Å². The molecule has 3 aliphatic rings. The summed E-state index contributed by atoms with van der Waals surface area (Å²) in [4.78, 5) is 38.3. The number of aromatic amines is 1. The van der Waals surface area contributed by atoms with Gasteiger partial charge in [0.1, 0.15) is 5.82 Å². The number of carbonyl (C=O) groups is 1. The van der Waals surface area contributed by atoms with E-state index < -0.39 is 0 Å². The summed E-state index contributed by atoms with van der Waals surface area (Å²) in [5.74, 6) is 0.872. The van der Waals surface area contributed by atoms with Gasteiger partial charge in [0.2, 0.25) is 5.91 Å². The van der Waals surface area contributed by atoms with Crippen LogP contribution in [0.3, 0.4) is 0 Å². The van der Waals surface area contributed by atoms with Gasteiger partial charge in [-0.05, 0) is 31.7 Å². The monoisotopic (exact) mass is 420 g/mol.